The fourth-order valence-corrected chi connectivity index (χ4v) is 4.24. The molecule has 2 aromatic heterocycles. The lowest BCUT2D eigenvalue weighted by Crippen LogP contribution is -2.39. The number of nitrogens with two attached hydrogens (primary N) is 1. The monoisotopic (exact) mass is 436 g/mol. The number of ether oxygens (including phenoxy) is 1. The van der Waals surface area contributed by atoms with Gasteiger partial charge in [-0.25, -0.2) is 14.1 Å². The van der Waals surface area contributed by atoms with E-state index in [1.807, 2.05) is 0 Å². The molecule has 0 saturated carbocycles. The molecule has 0 spiro atoms. The first-order valence-electron chi connectivity index (χ1n) is 9.06. The van der Waals surface area contributed by atoms with E-state index in [-0.39, 0.29) is 11.6 Å². The second-order valence-corrected chi connectivity index (χ2v) is 8.41. The van der Waals surface area contributed by atoms with Crippen LogP contribution >= 0.6 is 7.82 Å². The topological polar surface area (TPSA) is 162 Å². The molecule has 30 heavy (non-hydrogen) atoms. The summed E-state index contributed by atoms with van der Waals surface area (Å²) in [5.41, 5.74) is 5.39. The average molecular weight is 436 g/mol. The summed E-state index contributed by atoms with van der Waals surface area (Å²) in [5.74, 6) is 0.394. The SMILES string of the molecule is C[C@@]1(c2ccc3c(N)ncnn23)OC(COP(=O)(O)Oc2ccccc2)[C@@H](O)[C@H]1O. The average Bonchev–Trinajstić information content (AvgIpc) is 3.24. The van der Waals surface area contributed by atoms with Gasteiger partial charge in [0.2, 0.25) is 0 Å². The van der Waals surface area contributed by atoms with E-state index in [0.717, 1.165) is 0 Å². The maximum Gasteiger partial charge on any atom is 0.527 e. The van der Waals surface area contributed by atoms with Crippen molar-refractivity contribution in [3.8, 4) is 5.75 Å². The van der Waals surface area contributed by atoms with Crippen LogP contribution in [-0.4, -0.2) is 54.6 Å². The minimum atomic E-state index is -4.48. The number of phosphoric acid groups is 1. The van der Waals surface area contributed by atoms with E-state index in [0.29, 0.717) is 11.2 Å². The van der Waals surface area contributed by atoms with Crippen molar-refractivity contribution >= 4 is 19.2 Å². The van der Waals surface area contributed by atoms with Gasteiger partial charge in [0.15, 0.2) is 5.82 Å². The van der Waals surface area contributed by atoms with Gasteiger partial charge in [-0.15, -0.1) is 0 Å². The van der Waals surface area contributed by atoms with Crippen LogP contribution in [0.3, 0.4) is 0 Å². The summed E-state index contributed by atoms with van der Waals surface area (Å²) in [6.45, 7) is 1.08. The van der Waals surface area contributed by atoms with E-state index in [1.54, 1.807) is 37.3 Å². The number of anilines is 1. The molecule has 3 aromatic rings. The number of para-hydroxylation sites is 1. The molecule has 0 bridgehead atoms. The predicted octanol–water partition coefficient (Wildman–Crippen LogP) is 0.843. The number of hydrogen-bond acceptors (Lipinski definition) is 9. The molecule has 0 amide bonds. The van der Waals surface area contributed by atoms with E-state index in [1.165, 1.54) is 23.0 Å². The molecule has 1 aliphatic heterocycles. The van der Waals surface area contributed by atoms with Crippen LogP contribution < -0.4 is 10.3 Å². The van der Waals surface area contributed by atoms with Crippen LogP contribution in [0.5, 0.6) is 5.75 Å². The summed E-state index contributed by atoms with van der Waals surface area (Å²) in [6, 6.07) is 11.3. The molecule has 1 aromatic carbocycles. The number of nitrogen functional groups attached to an aromatic ring is 1. The maximum absolute atomic E-state index is 12.2. The Morgan fingerprint density at radius 2 is 2.00 bits per heavy atom. The van der Waals surface area contributed by atoms with E-state index < -0.39 is 38.3 Å². The second kappa shape index (κ2) is 7.62. The van der Waals surface area contributed by atoms with Crippen molar-refractivity contribution in [2.45, 2.75) is 30.8 Å². The Morgan fingerprint density at radius 1 is 1.27 bits per heavy atom. The highest BCUT2D eigenvalue weighted by atomic mass is 31.2. The van der Waals surface area contributed by atoms with Crippen LogP contribution in [0.2, 0.25) is 0 Å². The van der Waals surface area contributed by atoms with Crippen LogP contribution in [0.25, 0.3) is 5.52 Å². The van der Waals surface area contributed by atoms with E-state index in [9.17, 15) is 19.7 Å². The number of rotatable bonds is 6. The van der Waals surface area contributed by atoms with Gasteiger partial charge in [-0.3, -0.25) is 9.42 Å². The van der Waals surface area contributed by atoms with Gasteiger partial charge in [-0.2, -0.15) is 5.10 Å². The zero-order chi connectivity index (χ0) is 21.5. The van der Waals surface area contributed by atoms with E-state index >= 15 is 0 Å². The quantitative estimate of drug-likeness (QED) is 0.408. The van der Waals surface area contributed by atoms with Crippen LogP contribution in [0, 0.1) is 0 Å². The molecule has 1 saturated heterocycles. The van der Waals surface area contributed by atoms with Gasteiger partial charge in [0.25, 0.3) is 0 Å². The Kier molecular flexibility index (Phi) is 5.27. The maximum atomic E-state index is 12.2. The number of aliphatic hydroxyl groups excluding tert-OH is 2. The number of aromatic nitrogens is 3. The molecule has 0 aliphatic carbocycles. The number of nitrogens with zero attached hydrogens (tertiary/aromatic N) is 3. The smallest absolute Gasteiger partial charge is 0.404 e. The summed E-state index contributed by atoms with van der Waals surface area (Å²) in [7, 11) is -4.48. The molecule has 11 nitrogen and oxygen atoms in total. The van der Waals surface area contributed by atoms with Gasteiger partial charge in [0.1, 0.15) is 41.5 Å². The lowest BCUT2D eigenvalue weighted by Gasteiger charge is -2.27. The van der Waals surface area contributed by atoms with Gasteiger partial charge in [0.05, 0.1) is 12.3 Å². The molecule has 5 atom stereocenters. The van der Waals surface area contributed by atoms with Crippen LogP contribution in [0.1, 0.15) is 12.6 Å². The summed E-state index contributed by atoms with van der Waals surface area (Å²) in [4.78, 5) is 13.9. The number of hydrogen-bond donors (Lipinski definition) is 4. The second-order valence-electron chi connectivity index (χ2n) is 7.03. The third-order valence-electron chi connectivity index (χ3n) is 5.02. The Hall–Kier alpha value is -2.53. The van der Waals surface area contributed by atoms with Crippen molar-refractivity contribution in [1.29, 1.82) is 0 Å². The summed E-state index contributed by atoms with van der Waals surface area (Å²) in [6.07, 6.45) is -2.60. The van der Waals surface area contributed by atoms with Crippen molar-refractivity contribution in [3.05, 3.63) is 54.5 Å². The summed E-state index contributed by atoms with van der Waals surface area (Å²) in [5, 5.41) is 25.3. The number of benzene rings is 1. The van der Waals surface area contributed by atoms with Gasteiger partial charge < -0.3 is 25.2 Å². The molecule has 2 unspecified atom stereocenters. The molecule has 0 radical (unpaired) electrons. The van der Waals surface area contributed by atoms with Gasteiger partial charge in [0, 0.05) is 0 Å². The Bertz CT molecular complexity index is 1090. The molecule has 3 heterocycles. The van der Waals surface area contributed by atoms with Crippen molar-refractivity contribution in [2.75, 3.05) is 12.3 Å². The lowest BCUT2D eigenvalue weighted by atomic mass is 9.93. The Balaban J connectivity index is 1.51. The molecule has 12 heteroatoms. The van der Waals surface area contributed by atoms with Crippen LogP contribution in [0.15, 0.2) is 48.8 Å². The van der Waals surface area contributed by atoms with Crippen LogP contribution in [0.4, 0.5) is 5.82 Å². The number of aliphatic hydroxyl groups is 2. The zero-order valence-corrected chi connectivity index (χ0v) is 16.8. The highest BCUT2D eigenvalue weighted by Crippen LogP contribution is 2.46. The normalized spacial score (nSPS) is 28.5. The predicted molar refractivity (Wildman–Crippen MR) is 104 cm³/mol. The highest BCUT2D eigenvalue weighted by molar-refractivity contribution is 7.47. The fourth-order valence-electron chi connectivity index (χ4n) is 3.46. The minimum absolute atomic E-state index is 0.151. The summed E-state index contributed by atoms with van der Waals surface area (Å²) < 4.78 is 29.5. The van der Waals surface area contributed by atoms with Crippen LogP contribution in [-0.2, 0) is 19.4 Å². The van der Waals surface area contributed by atoms with E-state index in [2.05, 4.69) is 10.1 Å². The summed E-state index contributed by atoms with van der Waals surface area (Å²) >= 11 is 0. The fraction of sp³-hybridized carbons (Fsp3) is 0.333. The Morgan fingerprint density at radius 3 is 2.73 bits per heavy atom. The molecule has 5 N–H and O–H groups in total. The number of phosphoric ester groups is 1. The molecule has 4 rings (SSSR count). The van der Waals surface area contributed by atoms with Crippen molar-refractivity contribution in [3.63, 3.8) is 0 Å². The first-order valence-corrected chi connectivity index (χ1v) is 10.6. The lowest BCUT2D eigenvalue weighted by molar-refractivity contribution is -0.0881. The van der Waals surface area contributed by atoms with Crippen molar-refractivity contribution in [2.24, 2.45) is 0 Å². The van der Waals surface area contributed by atoms with Gasteiger partial charge in [-0.1, -0.05) is 18.2 Å². The first kappa shape index (κ1) is 20.7. The molecular formula is C18H21N4O7P. The third kappa shape index (κ3) is 3.67. The van der Waals surface area contributed by atoms with Gasteiger partial charge in [-0.05, 0) is 31.2 Å². The van der Waals surface area contributed by atoms with E-state index in [4.69, 9.17) is 19.5 Å². The Labute approximate surface area is 171 Å². The van der Waals surface area contributed by atoms with Crippen molar-refractivity contribution in [1.82, 2.24) is 14.6 Å². The minimum Gasteiger partial charge on any atom is -0.404 e. The van der Waals surface area contributed by atoms with Crippen molar-refractivity contribution < 1.29 is 33.5 Å². The highest BCUT2D eigenvalue weighted by Gasteiger charge is 2.54. The standard InChI is InChI=1S/C18H21N4O7P/c1-18(14-8-7-12-17(19)20-10-21-22(12)14)16(24)15(23)13(28-18)9-27-30(25,26)29-11-5-3-2-4-6-11/h2-8,10,13,15-16,23-24H,9H2,1H3,(H,25,26)(H2,19,20,21)/t13?,15-,16-,18+/m1/s1. The van der Waals surface area contributed by atoms with Gasteiger partial charge >= 0.3 is 7.82 Å². The molecule has 160 valence electrons. The third-order valence-corrected chi connectivity index (χ3v) is 5.94. The molecule has 1 fully saturated rings. The molecular weight excluding hydrogens is 415 g/mol. The number of fused-ring (bicyclic) bond motifs is 1. The first-order chi connectivity index (χ1) is 14.2. The largest absolute Gasteiger partial charge is 0.527 e. The molecule has 1 aliphatic rings. The zero-order valence-electron chi connectivity index (χ0n) is 15.9.